The van der Waals surface area contributed by atoms with Crippen molar-refractivity contribution in [2.45, 2.75) is 121 Å². The molecule has 0 saturated carbocycles. The summed E-state index contributed by atoms with van der Waals surface area (Å²) >= 11 is 0. The number of methoxy groups -OCH3 is 3. The Hall–Kier alpha value is -3.63. The molecule has 63 heavy (non-hydrogen) atoms. The molecule has 0 aliphatic carbocycles. The van der Waals surface area contributed by atoms with Gasteiger partial charge in [-0.25, -0.2) is 9.59 Å². The lowest BCUT2D eigenvalue weighted by Gasteiger charge is -2.41. The molecule has 14 heteroatoms. The van der Waals surface area contributed by atoms with Gasteiger partial charge in [0.15, 0.2) is 0 Å². The summed E-state index contributed by atoms with van der Waals surface area (Å²) in [6.45, 7) is 12.5. The number of rotatable bonds is 9. The van der Waals surface area contributed by atoms with Crippen LogP contribution in [-0.2, 0) is 41.7 Å². The van der Waals surface area contributed by atoms with Crippen LogP contribution in [0.2, 0.25) is 0 Å². The van der Waals surface area contributed by atoms with Crippen LogP contribution in [0.15, 0.2) is 60.7 Å². The summed E-state index contributed by atoms with van der Waals surface area (Å²) in [5.74, 6) is 0.220. The zero-order valence-corrected chi connectivity index (χ0v) is 38.6. The van der Waals surface area contributed by atoms with Crippen LogP contribution in [0, 0.1) is 0 Å². The molecule has 0 unspecified atom stereocenters. The predicted molar refractivity (Wildman–Crippen MR) is 246 cm³/mol. The number of likely N-dealkylation sites (tertiary alicyclic amines) is 4. The molecule has 2 aromatic rings. The molecule has 0 atom stereocenters. The quantitative estimate of drug-likeness (QED) is 0.301. The molecule has 2 N–H and O–H groups in total. The molecule has 2 amide bonds. The number of nitrogens with one attached hydrogen (secondary N) is 2. The topological polar surface area (TPSA) is 134 Å². The molecule has 0 spiro atoms. The number of carbonyl (C=O) groups is 3. The summed E-state index contributed by atoms with van der Waals surface area (Å²) in [5.41, 5.74) is 2.00. The van der Waals surface area contributed by atoms with E-state index in [1.165, 1.54) is 64.7 Å². The van der Waals surface area contributed by atoms with Gasteiger partial charge in [-0.2, -0.15) is 0 Å². The average Bonchev–Trinajstić information content (AvgIpc) is 3.37. The van der Waals surface area contributed by atoms with E-state index < -0.39 is 0 Å². The van der Waals surface area contributed by atoms with Crippen molar-refractivity contribution in [1.82, 2.24) is 30.2 Å². The lowest BCUT2D eigenvalue weighted by atomic mass is 9.99. The number of piperidine rings is 6. The summed E-state index contributed by atoms with van der Waals surface area (Å²) in [7, 11) is 5.43. The highest BCUT2D eigenvalue weighted by Gasteiger charge is 2.30. The third-order valence-corrected chi connectivity index (χ3v) is 13.3. The summed E-state index contributed by atoms with van der Waals surface area (Å²) in [5, 5.41) is 6.69. The van der Waals surface area contributed by atoms with E-state index in [1.807, 2.05) is 72.7 Å². The highest BCUT2D eigenvalue weighted by molar-refractivity contribution is 5.81. The first-order valence-corrected chi connectivity index (χ1v) is 23.8. The molecule has 14 nitrogen and oxygen atoms in total. The molecule has 0 bridgehead atoms. The van der Waals surface area contributed by atoms with Gasteiger partial charge in [0.05, 0.1) is 18.3 Å². The molecular formula is C49H78N6O8. The zero-order chi connectivity index (χ0) is 44.5. The van der Waals surface area contributed by atoms with Crippen LogP contribution in [0.4, 0.5) is 9.59 Å². The molecule has 8 rings (SSSR count). The van der Waals surface area contributed by atoms with Crippen LogP contribution in [0.3, 0.4) is 0 Å². The van der Waals surface area contributed by atoms with Gasteiger partial charge < -0.3 is 53.9 Å². The molecule has 6 aliphatic rings. The van der Waals surface area contributed by atoms with E-state index in [-0.39, 0.29) is 24.6 Å². The number of hydrogen-bond donors (Lipinski definition) is 2. The maximum atomic E-state index is 12.2. The Kier molecular flexibility index (Phi) is 23.2. The van der Waals surface area contributed by atoms with Gasteiger partial charge in [-0.15, -0.1) is 0 Å². The number of hydrogen-bond acceptors (Lipinski definition) is 12. The fraction of sp³-hybridized carbons (Fsp3) is 0.694. The van der Waals surface area contributed by atoms with E-state index in [0.29, 0.717) is 56.9 Å². The number of benzene rings is 2. The fourth-order valence-electron chi connectivity index (χ4n) is 9.13. The van der Waals surface area contributed by atoms with Gasteiger partial charge in [0.25, 0.3) is 0 Å². The van der Waals surface area contributed by atoms with E-state index in [4.69, 9.17) is 23.7 Å². The molecule has 0 aromatic heterocycles. The highest BCUT2D eigenvalue weighted by Crippen LogP contribution is 2.23. The van der Waals surface area contributed by atoms with Gasteiger partial charge >= 0.3 is 12.2 Å². The Morgan fingerprint density at radius 3 is 1.25 bits per heavy atom. The van der Waals surface area contributed by atoms with E-state index >= 15 is 0 Å². The van der Waals surface area contributed by atoms with Crippen molar-refractivity contribution in [3.05, 3.63) is 71.8 Å². The smallest absolute Gasteiger partial charge is 0.410 e. The Balaban J connectivity index is 0.000000169. The molecule has 6 fully saturated rings. The first-order chi connectivity index (χ1) is 30.8. The van der Waals surface area contributed by atoms with Gasteiger partial charge in [-0.3, -0.25) is 4.79 Å². The molecule has 6 heterocycles. The fourth-order valence-corrected chi connectivity index (χ4v) is 9.13. The maximum absolute atomic E-state index is 12.2. The second kappa shape index (κ2) is 29.0. The summed E-state index contributed by atoms with van der Waals surface area (Å²) < 4.78 is 26.6. The largest absolute Gasteiger partial charge is 0.445 e. The van der Waals surface area contributed by atoms with E-state index in [2.05, 4.69) is 20.4 Å². The summed E-state index contributed by atoms with van der Waals surface area (Å²) in [6, 6.07) is 20.8. The number of ether oxygens (including phenoxy) is 5. The summed E-state index contributed by atoms with van der Waals surface area (Å²) in [4.78, 5) is 43.6. The van der Waals surface area contributed by atoms with Crippen LogP contribution >= 0.6 is 0 Å². The minimum Gasteiger partial charge on any atom is -0.445 e. The van der Waals surface area contributed by atoms with Crippen molar-refractivity contribution in [2.75, 3.05) is 99.9 Å². The zero-order valence-electron chi connectivity index (χ0n) is 38.6. The lowest BCUT2D eigenvalue weighted by molar-refractivity contribution is -0.121. The van der Waals surface area contributed by atoms with Gasteiger partial charge in [0.2, 0.25) is 0 Å². The average molecular weight is 879 g/mol. The Morgan fingerprint density at radius 2 is 0.857 bits per heavy atom. The van der Waals surface area contributed by atoms with Crippen molar-refractivity contribution in [2.24, 2.45) is 0 Å². The SMILES string of the molecule is COC1CCN(C2CCN(C(=O)OCc3ccccc3)CC2)CC1.COC1CCN(C2CCNCC2)CC1.COC1CCNCC1.O=C1CCN(C(=O)OCc2ccccc2)CC1. The number of ketones is 1. The Bertz CT molecular complexity index is 1530. The number of carbonyl (C=O) groups excluding carboxylic acids is 3. The second-order valence-corrected chi connectivity index (χ2v) is 17.4. The van der Waals surface area contributed by atoms with Crippen LogP contribution in [-0.4, -0.2) is 168 Å². The lowest BCUT2D eigenvalue weighted by Crippen LogP contribution is -2.49. The van der Waals surface area contributed by atoms with Gasteiger partial charge in [-0.05, 0) is 102 Å². The van der Waals surface area contributed by atoms with E-state index in [1.54, 1.807) is 19.1 Å². The minimum atomic E-state index is -0.332. The Morgan fingerprint density at radius 1 is 0.492 bits per heavy atom. The second-order valence-electron chi connectivity index (χ2n) is 17.4. The molecule has 6 saturated heterocycles. The molecule has 6 aliphatic heterocycles. The normalized spacial score (nSPS) is 21.5. The number of nitrogens with zero attached hydrogens (tertiary/aromatic N) is 4. The molecule has 2 aromatic carbocycles. The van der Waals surface area contributed by atoms with Gasteiger partial charge in [0, 0.05) is 98.6 Å². The van der Waals surface area contributed by atoms with Crippen molar-refractivity contribution >= 4 is 18.0 Å². The minimum absolute atomic E-state index is 0.185. The monoisotopic (exact) mass is 879 g/mol. The first kappa shape index (κ1) is 50.4. The summed E-state index contributed by atoms with van der Waals surface area (Å²) in [6.07, 6.45) is 13.6. The first-order valence-electron chi connectivity index (χ1n) is 23.8. The predicted octanol–water partition coefficient (Wildman–Crippen LogP) is 6.12. The van der Waals surface area contributed by atoms with Crippen LogP contribution in [0.1, 0.15) is 88.2 Å². The molecular weight excluding hydrogens is 801 g/mol. The third kappa shape index (κ3) is 18.4. The molecule has 0 radical (unpaired) electrons. The van der Waals surface area contributed by atoms with Gasteiger partial charge in [-0.1, -0.05) is 60.7 Å². The standard InChI is InChI=1S/C19H28N2O3.C13H15NO3.C11H22N2O.C6H13NO/c1-23-18-9-13-20(14-10-18)17-7-11-21(12-8-17)19(22)24-15-16-5-3-2-4-6-16;15-12-6-8-14(9-7-12)13(16)17-10-11-4-2-1-3-5-11;1-14-11-4-8-13(9-5-11)10-2-6-12-7-3-10;1-8-6-2-4-7-5-3-6/h2-6,17-18H,7-15H2,1H3;1-5H,6-10H2;10-12H,2-9H2,1H3;6-7H,2-5H2,1H3. The highest BCUT2D eigenvalue weighted by atomic mass is 16.6. The van der Waals surface area contributed by atoms with Crippen LogP contribution in [0.25, 0.3) is 0 Å². The number of Topliss-reactive ketones (excluding diaryl/α,β-unsaturated/α-hetero) is 1. The Labute approximate surface area is 377 Å². The van der Waals surface area contributed by atoms with Crippen LogP contribution in [0.5, 0.6) is 0 Å². The van der Waals surface area contributed by atoms with Crippen molar-refractivity contribution in [3.8, 4) is 0 Å². The molecule has 352 valence electrons. The van der Waals surface area contributed by atoms with Gasteiger partial charge in [0.1, 0.15) is 19.0 Å². The van der Waals surface area contributed by atoms with Crippen molar-refractivity contribution in [3.63, 3.8) is 0 Å². The maximum Gasteiger partial charge on any atom is 0.410 e. The van der Waals surface area contributed by atoms with Crippen molar-refractivity contribution < 1.29 is 38.1 Å². The van der Waals surface area contributed by atoms with Crippen LogP contribution < -0.4 is 10.6 Å². The van der Waals surface area contributed by atoms with E-state index in [9.17, 15) is 14.4 Å². The van der Waals surface area contributed by atoms with Crippen molar-refractivity contribution in [1.29, 1.82) is 0 Å². The van der Waals surface area contributed by atoms with E-state index in [0.717, 1.165) is 82.1 Å². The number of amides is 2. The third-order valence-electron chi connectivity index (χ3n) is 13.3.